The molecule has 3 atom stereocenters. The van der Waals surface area contributed by atoms with E-state index in [2.05, 4.69) is 30.5 Å². The quantitative estimate of drug-likeness (QED) is 0.905. The molecule has 118 valence electrons. The smallest absolute Gasteiger partial charge is 0.160 e. The van der Waals surface area contributed by atoms with Crippen molar-refractivity contribution in [1.29, 1.82) is 0 Å². The molecule has 5 heteroatoms. The minimum Gasteiger partial charge on any atom is -0.390 e. The van der Waals surface area contributed by atoms with Gasteiger partial charge in [-0.05, 0) is 57.0 Å². The molecule has 1 aliphatic rings. The van der Waals surface area contributed by atoms with Crippen LogP contribution in [0.25, 0.3) is 5.82 Å². The molecule has 5 nitrogen and oxygen atoms in total. The average Bonchev–Trinajstić information content (AvgIpc) is 2.95. The number of ether oxygens (including phenoxy) is 1. The Morgan fingerprint density at radius 2 is 1.86 bits per heavy atom. The van der Waals surface area contributed by atoms with E-state index in [4.69, 9.17) is 9.72 Å². The van der Waals surface area contributed by atoms with Gasteiger partial charge in [-0.25, -0.2) is 4.98 Å². The normalized spacial score (nSPS) is 24.9. The second-order valence-electron chi connectivity index (χ2n) is 6.10. The first-order valence-electron chi connectivity index (χ1n) is 7.56. The van der Waals surface area contributed by atoms with Gasteiger partial charge in [-0.3, -0.25) is 0 Å². The van der Waals surface area contributed by atoms with Crippen LogP contribution < -0.4 is 0 Å². The zero-order valence-corrected chi connectivity index (χ0v) is 13.2. The second-order valence-corrected chi connectivity index (χ2v) is 6.10. The topological polar surface area (TPSA) is 67.5 Å². The summed E-state index contributed by atoms with van der Waals surface area (Å²) in [5.41, 5.74) is 4.23. The standard InChI is InChI=1S/C17H22N2O3/c1-10-6-13(8-14-15(20)9-22-17(14)21)18-16(7-10)19-11(2)4-5-12(19)3/h4-7,14-15,17,20-21H,8-9H2,1-3H3. The van der Waals surface area contributed by atoms with Gasteiger partial charge in [-0.1, -0.05) is 0 Å². The SMILES string of the molecule is Cc1cc(CC2C(O)COC2O)nc(-n2c(C)ccc2C)c1. The molecule has 3 unspecified atom stereocenters. The van der Waals surface area contributed by atoms with E-state index in [1.807, 2.05) is 19.1 Å². The molecule has 0 aromatic carbocycles. The van der Waals surface area contributed by atoms with Crippen LogP contribution in [0.1, 0.15) is 22.6 Å². The lowest BCUT2D eigenvalue weighted by atomic mass is 9.98. The van der Waals surface area contributed by atoms with E-state index in [-0.39, 0.29) is 12.5 Å². The maximum Gasteiger partial charge on any atom is 0.160 e. The molecule has 0 radical (unpaired) electrons. The van der Waals surface area contributed by atoms with Crippen LogP contribution in [-0.4, -0.2) is 38.8 Å². The molecular weight excluding hydrogens is 280 g/mol. The molecule has 0 amide bonds. The lowest BCUT2D eigenvalue weighted by Gasteiger charge is -2.17. The summed E-state index contributed by atoms with van der Waals surface area (Å²) in [6.45, 7) is 6.31. The zero-order valence-electron chi connectivity index (χ0n) is 13.2. The van der Waals surface area contributed by atoms with Gasteiger partial charge in [-0.15, -0.1) is 0 Å². The van der Waals surface area contributed by atoms with Crippen molar-refractivity contribution in [3.05, 3.63) is 46.9 Å². The predicted octanol–water partition coefficient (Wildman–Crippen LogP) is 1.67. The van der Waals surface area contributed by atoms with Gasteiger partial charge in [0, 0.05) is 23.0 Å². The second kappa shape index (κ2) is 5.83. The van der Waals surface area contributed by atoms with Crippen molar-refractivity contribution in [2.75, 3.05) is 6.61 Å². The predicted molar refractivity (Wildman–Crippen MR) is 82.9 cm³/mol. The Hall–Kier alpha value is -1.69. The van der Waals surface area contributed by atoms with Crippen LogP contribution in [0.3, 0.4) is 0 Å². The number of aliphatic hydroxyl groups is 2. The highest BCUT2D eigenvalue weighted by Gasteiger charge is 2.35. The summed E-state index contributed by atoms with van der Waals surface area (Å²) < 4.78 is 7.20. The Morgan fingerprint density at radius 1 is 1.18 bits per heavy atom. The average molecular weight is 302 g/mol. The summed E-state index contributed by atoms with van der Waals surface area (Å²) in [5, 5.41) is 19.7. The molecule has 1 aliphatic heterocycles. The Labute approximate surface area is 130 Å². The molecule has 2 N–H and O–H groups in total. The van der Waals surface area contributed by atoms with E-state index in [0.717, 1.165) is 28.5 Å². The van der Waals surface area contributed by atoms with E-state index in [1.165, 1.54) is 0 Å². The van der Waals surface area contributed by atoms with Gasteiger partial charge >= 0.3 is 0 Å². The minimum atomic E-state index is -0.921. The third-order valence-electron chi connectivity index (χ3n) is 4.25. The summed E-state index contributed by atoms with van der Waals surface area (Å²) in [5.74, 6) is 0.548. The van der Waals surface area contributed by atoms with Crippen molar-refractivity contribution < 1.29 is 14.9 Å². The van der Waals surface area contributed by atoms with Crippen LogP contribution >= 0.6 is 0 Å². The van der Waals surface area contributed by atoms with Crippen molar-refractivity contribution in [2.24, 2.45) is 5.92 Å². The van der Waals surface area contributed by atoms with Crippen LogP contribution in [0.2, 0.25) is 0 Å². The Bertz CT molecular complexity index is 651. The number of aromatic nitrogens is 2. The van der Waals surface area contributed by atoms with Crippen LogP contribution in [0, 0.1) is 26.7 Å². The third kappa shape index (κ3) is 2.79. The van der Waals surface area contributed by atoms with E-state index in [1.54, 1.807) is 0 Å². The summed E-state index contributed by atoms with van der Waals surface area (Å²) in [4.78, 5) is 4.72. The lowest BCUT2D eigenvalue weighted by molar-refractivity contribution is -0.0824. The molecule has 0 bridgehead atoms. The molecule has 1 fully saturated rings. The van der Waals surface area contributed by atoms with Crippen LogP contribution in [-0.2, 0) is 11.2 Å². The van der Waals surface area contributed by atoms with Crippen LogP contribution in [0.4, 0.5) is 0 Å². The Morgan fingerprint density at radius 3 is 2.45 bits per heavy atom. The molecule has 2 aromatic rings. The van der Waals surface area contributed by atoms with Gasteiger partial charge in [-0.2, -0.15) is 0 Å². The lowest BCUT2D eigenvalue weighted by Crippen LogP contribution is -2.26. The molecule has 22 heavy (non-hydrogen) atoms. The highest BCUT2D eigenvalue weighted by molar-refractivity contribution is 5.35. The highest BCUT2D eigenvalue weighted by Crippen LogP contribution is 2.25. The number of aryl methyl sites for hydroxylation is 3. The zero-order chi connectivity index (χ0) is 15.9. The molecule has 0 aliphatic carbocycles. The maximum absolute atomic E-state index is 9.91. The van der Waals surface area contributed by atoms with E-state index >= 15 is 0 Å². The van der Waals surface area contributed by atoms with E-state index < -0.39 is 12.4 Å². The van der Waals surface area contributed by atoms with Crippen molar-refractivity contribution >= 4 is 0 Å². The van der Waals surface area contributed by atoms with Crippen LogP contribution in [0.5, 0.6) is 0 Å². The summed E-state index contributed by atoms with van der Waals surface area (Å²) in [6.07, 6.45) is -1.07. The molecule has 1 saturated heterocycles. The first-order chi connectivity index (χ1) is 10.5. The molecular formula is C17H22N2O3. The highest BCUT2D eigenvalue weighted by atomic mass is 16.6. The van der Waals surface area contributed by atoms with Gasteiger partial charge in [0.1, 0.15) is 5.82 Å². The van der Waals surface area contributed by atoms with Gasteiger partial charge in [0.25, 0.3) is 0 Å². The summed E-state index contributed by atoms with van der Waals surface area (Å²) in [7, 11) is 0. The fourth-order valence-electron chi connectivity index (χ4n) is 3.08. The van der Waals surface area contributed by atoms with Gasteiger partial charge in [0.2, 0.25) is 0 Å². The summed E-state index contributed by atoms with van der Waals surface area (Å²) in [6, 6.07) is 8.17. The monoisotopic (exact) mass is 302 g/mol. The number of pyridine rings is 1. The van der Waals surface area contributed by atoms with E-state index in [0.29, 0.717) is 6.42 Å². The number of aliphatic hydroxyl groups excluding tert-OH is 2. The maximum atomic E-state index is 9.91. The molecule has 3 rings (SSSR count). The largest absolute Gasteiger partial charge is 0.390 e. The number of nitrogens with zero attached hydrogens (tertiary/aromatic N) is 2. The van der Waals surface area contributed by atoms with Crippen molar-refractivity contribution in [2.45, 2.75) is 39.6 Å². The van der Waals surface area contributed by atoms with Crippen molar-refractivity contribution in [3.63, 3.8) is 0 Å². The van der Waals surface area contributed by atoms with Gasteiger partial charge in [0.05, 0.1) is 12.7 Å². The van der Waals surface area contributed by atoms with Gasteiger partial charge in [0.15, 0.2) is 6.29 Å². The fraction of sp³-hybridized carbons (Fsp3) is 0.471. The first-order valence-corrected chi connectivity index (χ1v) is 7.56. The number of rotatable bonds is 3. The fourth-order valence-corrected chi connectivity index (χ4v) is 3.08. The summed E-state index contributed by atoms with van der Waals surface area (Å²) >= 11 is 0. The van der Waals surface area contributed by atoms with Crippen molar-refractivity contribution in [3.8, 4) is 5.82 Å². The Balaban J connectivity index is 1.94. The number of hydrogen-bond donors (Lipinski definition) is 2. The van der Waals surface area contributed by atoms with E-state index in [9.17, 15) is 10.2 Å². The molecule has 3 heterocycles. The minimum absolute atomic E-state index is 0.181. The molecule has 2 aromatic heterocycles. The molecule has 0 spiro atoms. The molecule has 0 saturated carbocycles. The number of hydrogen-bond acceptors (Lipinski definition) is 4. The van der Waals surface area contributed by atoms with Crippen LogP contribution in [0.15, 0.2) is 24.3 Å². The van der Waals surface area contributed by atoms with Gasteiger partial charge < -0.3 is 19.5 Å². The Kier molecular flexibility index (Phi) is 4.04. The van der Waals surface area contributed by atoms with Crippen molar-refractivity contribution in [1.82, 2.24) is 9.55 Å². The third-order valence-corrected chi connectivity index (χ3v) is 4.25. The first kappa shape index (κ1) is 15.2.